The molecule has 0 spiro atoms. The topological polar surface area (TPSA) is 89.5 Å². The summed E-state index contributed by atoms with van der Waals surface area (Å²) >= 11 is 0. The van der Waals surface area contributed by atoms with Gasteiger partial charge in [0.25, 0.3) is 0 Å². The third kappa shape index (κ3) is 3.13. The Morgan fingerprint density at radius 3 is 2.76 bits per heavy atom. The van der Waals surface area contributed by atoms with Gasteiger partial charge in [0.2, 0.25) is 5.88 Å². The SMILES string of the molecule is CCOC(=O)C1=C(C)NC(=O)N[C@H]1c1ccc(OC)nc1. The number of allylic oxidation sites excluding steroid dienone is 1. The summed E-state index contributed by atoms with van der Waals surface area (Å²) in [5.41, 5.74) is 1.51. The molecule has 0 fully saturated rings. The number of pyridine rings is 1. The van der Waals surface area contributed by atoms with Crippen LogP contribution in [0.25, 0.3) is 0 Å². The molecule has 2 heterocycles. The van der Waals surface area contributed by atoms with Crippen molar-refractivity contribution < 1.29 is 19.1 Å². The maximum atomic E-state index is 12.1. The van der Waals surface area contributed by atoms with Crippen LogP contribution in [0.2, 0.25) is 0 Å². The Hall–Kier alpha value is -2.57. The van der Waals surface area contributed by atoms with E-state index in [-0.39, 0.29) is 12.6 Å². The van der Waals surface area contributed by atoms with Crippen molar-refractivity contribution >= 4 is 12.0 Å². The summed E-state index contributed by atoms with van der Waals surface area (Å²) < 4.78 is 10.0. The number of methoxy groups -OCH3 is 1. The van der Waals surface area contributed by atoms with Gasteiger partial charge in [-0.25, -0.2) is 14.6 Å². The number of nitrogens with one attached hydrogen (secondary N) is 2. The average Bonchev–Trinajstić information content (AvgIpc) is 2.46. The standard InChI is InChI=1S/C14H17N3O4/c1-4-21-13(18)11-8(2)16-14(19)17-12(11)9-5-6-10(20-3)15-7-9/h5-7,12H,4H2,1-3H3,(H2,16,17,19)/t12-/m0/s1. The minimum absolute atomic E-state index is 0.261. The van der Waals surface area contributed by atoms with Gasteiger partial charge in [-0.15, -0.1) is 0 Å². The van der Waals surface area contributed by atoms with E-state index in [0.717, 1.165) is 0 Å². The van der Waals surface area contributed by atoms with E-state index in [9.17, 15) is 9.59 Å². The lowest BCUT2D eigenvalue weighted by molar-refractivity contribution is -0.139. The average molecular weight is 291 g/mol. The van der Waals surface area contributed by atoms with E-state index >= 15 is 0 Å². The molecule has 2 amide bonds. The van der Waals surface area contributed by atoms with Crippen molar-refractivity contribution in [3.8, 4) is 5.88 Å². The maximum Gasteiger partial charge on any atom is 0.338 e. The first-order valence-electron chi connectivity index (χ1n) is 6.52. The summed E-state index contributed by atoms with van der Waals surface area (Å²) in [4.78, 5) is 27.9. The number of urea groups is 1. The molecule has 0 bridgehead atoms. The van der Waals surface area contributed by atoms with Gasteiger partial charge < -0.3 is 20.1 Å². The van der Waals surface area contributed by atoms with E-state index in [1.165, 1.54) is 7.11 Å². The molecule has 1 aromatic heterocycles. The zero-order valence-electron chi connectivity index (χ0n) is 12.1. The summed E-state index contributed by atoms with van der Waals surface area (Å²) in [6.07, 6.45) is 1.56. The Kier molecular flexibility index (Phi) is 4.42. The van der Waals surface area contributed by atoms with Crippen LogP contribution in [-0.2, 0) is 9.53 Å². The van der Waals surface area contributed by atoms with Gasteiger partial charge in [0.05, 0.1) is 25.3 Å². The zero-order chi connectivity index (χ0) is 15.4. The number of nitrogens with zero attached hydrogens (tertiary/aromatic N) is 1. The molecular formula is C14H17N3O4. The molecule has 0 unspecified atom stereocenters. The Balaban J connectivity index is 2.39. The number of carbonyl (C=O) groups is 2. The third-order valence-electron chi connectivity index (χ3n) is 3.07. The monoisotopic (exact) mass is 291 g/mol. The van der Waals surface area contributed by atoms with Crippen LogP contribution in [0.3, 0.4) is 0 Å². The van der Waals surface area contributed by atoms with Crippen molar-refractivity contribution in [3.05, 3.63) is 35.2 Å². The second-order valence-electron chi connectivity index (χ2n) is 4.42. The first kappa shape index (κ1) is 14.8. The van der Waals surface area contributed by atoms with Crippen molar-refractivity contribution in [1.29, 1.82) is 0 Å². The Morgan fingerprint density at radius 2 is 2.19 bits per heavy atom. The van der Waals surface area contributed by atoms with Gasteiger partial charge in [-0.05, 0) is 25.5 Å². The van der Waals surface area contributed by atoms with Crippen LogP contribution in [0.1, 0.15) is 25.5 Å². The van der Waals surface area contributed by atoms with Crippen molar-refractivity contribution in [1.82, 2.24) is 15.6 Å². The summed E-state index contributed by atoms with van der Waals surface area (Å²) in [6, 6.07) is 2.44. The second-order valence-corrected chi connectivity index (χ2v) is 4.42. The normalized spacial score (nSPS) is 17.9. The lowest BCUT2D eigenvalue weighted by Gasteiger charge is -2.27. The van der Waals surface area contributed by atoms with Gasteiger partial charge in [0.15, 0.2) is 0 Å². The molecule has 0 aromatic carbocycles. The third-order valence-corrected chi connectivity index (χ3v) is 3.07. The Labute approximate surface area is 122 Å². The molecule has 1 aliphatic rings. The van der Waals surface area contributed by atoms with Crippen LogP contribution in [0, 0.1) is 0 Å². The summed E-state index contributed by atoms with van der Waals surface area (Å²) in [6.45, 7) is 3.65. The predicted octanol–water partition coefficient (Wildman–Crippen LogP) is 1.28. The zero-order valence-corrected chi connectivity index (χ0v) is 12.1. The molecule has 7 nitrogen and oxygen atoms in total. The van der Waals surface area contributed by atoms with E-state index in [2.05, 4.69) is 15.6 Å². The number of hydrogen-bond donors (Lipinski definition) is 2. The number of carbonyl (C=O) groups excluding carboxylic acids is 2. The maximum absolute atomic E-state index is 12.1. The molecule has 1 aliphatic heterocycles. The summed E-state index contributed by atoms with van der Waals surface area (Å²) in [5, 5.41) is 5.27. The van der Waals surface area contributed by atoms with Gasteiger partial charge in [-0.3, -0.25) is 0 Å². The van der Waals surface area contributed by atoms with Crippen LogP contribution in [0.5, 0.6) is 5.88 Å². The number of ether oxygens (including phenoxy) is 2. The van der Waals surface area contributed by atoms with E-state index in [0.29, 0.717) is 22.7 Å². The minimum atomic E-state index is -0.601. The molecule has 21 heavy (non-hydrogen) atoms. The smallest absolute Gasteiger partial charge is 0.338 e. The molecule has 2 N–H and O–H groups in total. The molecule has 0 aliphatic carbocycles. The fourth-order valence-electron chi connectivity index (χ4n) is 2.11. The second kappa shape index (κ2) is 6.25. The summed E-state index contributed by atoms with van der Waals surface area (Å²) in [5.74, 6) is -0.0132. The lowest BCUT2D eigenvalue weighted by atomic mass is 9.97. The van der Waals surface area contributed by atoms with Crippen LogP contribution in [0.4, 0.5) is 4.79 Å². The molecule has 1 atom stereocenters. The molecular weight excluding hydrogens is 274 g/mol. The van der Waals surface area contributed by atoms with E-state index in [1.807, 2.05) is 0 Å². The number of aromatic nitrogens is 1. The highest BCUT2D eigenvalue weighted by Gasteiger charge is 2.32. The number of rotatable bonds is 4. The quantitative estimate of drug-likeness (QED) is 0.816. The minimum Gasteiger partial charge on any atom is -0.481 e. The van der Waals surface area contributed by atoms with E-state index in [4.69, 9.17) is 9.47 Å². The van der Waals surface area contributed by atoms with Crippen molar-refractivity contribution in [2.75, 3.05) is 13.7 Å². The molecule has 0 saturated carbocycles. The first-order chi connectivity index (χ1) is 10.1. The Bertz CT molecular complexity index is 580. The number of amides is 2. The van der Waals surface area contributed by atoms with Crippen LogP contribution in [-0.4, -0.2) is 30.7 Å². The summed E-state index contributed by atoms with van der Waals surface area (Å²) in [7, 11) is 1.52. The molecule has 0 saturated heterocycles. The molecule has 1 aromatic rings. The van der Waals surface area contributed by atoms with Crippen LogP contribution < -0.4 is 15.4 Å². The van der Waals surface area contributed by atoms with E-state index < -0.39 is 12.0 Å². The fraction of sp³-hybridized carbons (Fsp3) is 0.357. The Morgan fingerprint density at radius 1 is 1.43 bits per heavy atom. The van der Waals surface area contributed by atoms with Crippen molar-refractivity contribution in [3.63, 3.8) is 0 Å². The largest absolute Gasteiger partial charge is 0.481 e. The van der Waals surface area contributed by atoms with Gasteiger partial charge in [-0.2, -0.15) is 0 Å². The molecule has 2 rings (SSSR count). The molecule has 112 valence electrons. The highest BCUT2D eigenvalue weighted by Crippen LogP contribution is 2.27. The fourth-order valence-corrected chi connectivity index (χ4v) is 2.11. The van der Waals surface area contributed by atoms with E-state index in [1.54, 1.807) is 32.2 Å². The van der Waals surface area contributed by atoms with Crippen LogP contribution >= 0.6 is 0 Å². The van der Waals surface area contributed by atoms with Crippen molar-refractivity contribution in [2.24, 2.45) is 0 Å². The number of esters is 1. The predicted molar refractivity (Wildman–Crippen MR) is 74.5 cm³/mol. The van der Waals surface area contributed by atoms with Crippen LogP contribution in [0.15, 0.2) is 29.6 Å². The number of hydrogen-bond acceptors (Lipinski definition) is 5. The highest BCUT2D eigenvalue weighted by atomic mass is 16.5. The molecule has 7 heteroatoms. The first-order valence-corrected chi connectivity index (χ1v) is 6.52. The van der Waals surface area contributed by atoms with Crippen molar-refractivity contribution in [2.45, 2.75) is 19.9 Å². The van der Waals surface area contributed by atoms with Gasteiger partial charge in [0, 0.05) is 18.0 Å². The highest BCUT2D eigenvalue weighted by molar-refractivity contribution is 5.94. The van der Waals surface area contributed by atoms with Gasteiger partial charge in [0.1, 0.15) is 0 Å². The lowest BCUT2D eigenvalue weighted by Crippen LogP contribution is -2.45. The van der Waals surface area contributed by atoms with Gasteiger partial charge >= 0.3 is 12.0 Å². The van der Waals surface area contributed by atoms with Gasteiger partial charge in [-0.1, -0.05) is 0 Å². The molecule has 0 radical (unpaired) electrons.